The van der Waals surface area contributed by atoms with E-state index in [9.17, 15) is 8.60 Å². The number of halogens is 1. The molecule has 0 bridgehead atoms. The fraction of sp³-hybridized carbons (Fsp3) is 0.222. The Morgan fingerprint density at radius 1 is 1.23 bits per heavy atom. The molecule has 22 heavy (non-hydrogen) atoms. The van der Waals surface area contributed by atoms with E-state index in [2.05, 4.69) is 13.2 Å². The van der Waals surface area contributed by atoms with E-state index in [0.29, 0.717) is 15.7 Å². The third-order valence-electron chi connectivity index (χ3n) is 3.48. The Morgan fingerprint density at radius 2 is 1.77 bits per heavy atom. The number of hydrogen-bond acceptors (Lipinski definition) is 1. The second kappa shape index (κ2) is 6.05. The summed E-state index contributed by atoms with van der Waals surface area (Å²) in [5.74, 6) is -0.481. The van der Waals surface area contributed by atoms with Crippen molar-refractivity contribution in [2.45, 2.75) is 32.6 Å². The number of nitrogens with zero attached hydrogens (tertiary/aromatic N) is 1. The zero-order valence-electron chi connectivity index (χ0n) is 13.4. The molecule has 0 amide bonds. The number of rotatable bonds is 3. The number of allylic oxidation sites excluding steroid dienone is 1. The van der Waals surface area contributed by atoms with Crippen LogP contribution in [0.25, 0.3) is 12.4 Å². The largest absolute Gasteiger partial charge is 0.260 e. The molecule has 0 aliphatic carbocycles. The predicted octanol–water partition coefficient (Wildman–Crippen LogP) is 3.05. The van der Waals surface area contributed by atoms with Gasteiger partial charge in [-0.2, -0.15) is 0 Å². The SMILES string of the molecule is C=C(C)/C(F)=c1\c(=C)ccn1S(=O)c1c(C)cc(C)cc1C. The van der Waals surface area contributed by atoms with Gasteiger partial charge in [-0.25, -0.2) is 8.60 Å². The van der Waals surface area contributed by atoms with E-state index in [1.165, 1.54) is 3.97 Å². The van der Waals surface area contributed by atoms with Gasteiger partial charge in [0.25, 0.3) is 0 Å². The fourth-order valence-electron chi connectivity index (χ4n) is 2.57. The van der Waals surface area contributed by atoms with E-state index in [4.69, 9.17) is 0 Å². The average Bonchev–Trinajstić information content (AvgIpc) is 2.78. The first-order valence-electron chi connectivity index (χ1n) is 6.96. The van der Waals surface area contributed by atoms with Gasteiger partial charge in [0.2, 0.25) is 0 Å². The van der Waals surface area contributed by atoms with Gasteiger partial charge in [0.05, 0.1) is 10.2 Å². The summed E-state index contributed by atoms with van der Waals surface area (Å²) in [7, 11) is -1.53. The summed E-state index contributed by atoms with van der Waals surface area (Å²) in [6.45, 7) is 14.9. The minimum atomic E-state index is -1.53. The van der Waals surface area contributed by atoms with Crippen LogP contribution in [0.5, 0.6) is 0 Å². The molecule has 0 saturated heterocycles. The highest BCUT2D eigenvalue weighted by molar-refractivity contribution is 7.83. The molecule has 0 radical (unpaired) electrons. The summed E-state index contributed by atoms with van der Waals surface area (Å²) in [6.07, 6.45) is 1.61. The van der Waals surface area contributed by atoms with Gasteiger partial charge in [0.15, 0.2) is 16.8 Å². The van der Waals surface area contributed by atoms with Crippen LogP contribution in [0.4, 0.5) is 4.39 Å². The van der Waals surface area contributed by atoms with Gasteiger partial charge >= 0.3 is 0 Å². The lowest BCUT2D eigenvalue weighted by atomic mass is 10.1. The lowest BCUT2D eigenvalue weighted by molar-refractivity contribution is 0.673. The monoisotopic (exact) mass is 317 g/mol. The van der Waals surface area contributed by atoms with E-state index < -0.39 is 16.8 Å². The van der Waals surface area contributed by atoms with Crippen LogP contribution < -0.4 is 10.6 Å². The molecule has 0 aliphatic rings. The van der Waals surface area contributed by atoms with E-state index in [0.717, 1.165) is 16.7 Å². The minimum absolute atomic E-state index is 0.227. The number of aromatic nitrogens is 1. The highest BCUT2D eigenvalue weighted by Crippen LogP contribution is 2.21. The Kier molecular flexibility index (Phi) is 4.52. The molecule has 4 heteroatoms. The molecule has 1 atom stereocenters. The van der Waals surface area contributed by atoms with Crippen molar-refractivity contribution in [3.8, 4) is 0 Å². The third kappa shape index (κ3) is 2.83. The van der Waals surface area contributed by atoms with Crippen LogP contribution in [0, 0.1) is 20.8 Å². The predicted molar refractivity (Wildman–Crippen MR) is 91.0 cm³/mol. The Hall–Kier alpha value is -1.94. The van der Waals surface area contributed by atoms with E-state index in [1.807, 2.05) is 32.9 Å². The molecule has 1 heterocycles. The Labute approximate surface area is 132 Å². The topological polar surface area (TPSA) is 22.0 Å². The van der Waals surface area contributed by atoms with Crippen LogP contribution in [0.15, 0.2) is 41.4 Å². The average molecular weight is 317 g/mol. The smallest absolute Gasteiger partial charge is 0.157 e. The number of aryl methyl sites for hydroxylation is 3. The summed E-state index contributed by atoms with van der Waals surface area (Å²) in [5, 5.41) is 0.724. The normalized spacial score (nSPS) is 13.9. The highest BCUT2D eigenvalue weighted by Gasteiger charge is 2.16. The molecule has 0 N–H and O–H groups in total. The standard InChI is InChI=1S/C18H20FNOS/c1-11(2)16(19)17-13(4)7-8-20(17)22(21)18-14(5)9-12(3)10-15(18)6/h7-10H,1,4H2,2-3,5-6H3/b17-16-. The molecule has 116 valence electrons. The Morgan fingerprint density at radius 3 is 2.27 bits per heavy atom. The first kappa shape index (κ1) is 16.4. The van der Waals surface area contributed by atoms with Gasteiger partial charge in [0.1, 0.15) is 0 Å². The first-order chi connectivity index (χ1) is 10.2. The number of benzene rings is 1. The van der Waals surface area contributed by atoms with Crippen LogP contribution in [-0.2, 0) is 11.0 Å². The molecule has 2 aromatic rings. The fourth-order valence-corrected chi connectivity index (χ4v) is 3.97. The highest BCUT2D eigenvalue weighted by atomic mass is 32.2. The zero-order chi connectivity index (χ0) is 16.6. The minimum Gasteiger partial charge on any atom is -0.260 e. The Bertz CT molecular complexity index is 869. The van der Waals surface area contributed by atoms with Crippen LogP contribution >= 0.6 is 0 Å². The quantitative estimate of drug-likeness (QED) is 0.853. The molecule has 0 fully saturated rings. The van der Waals surface area contributed by atoms with Crippen molar-refractivity contribution < 1.29 is 8.60 Å². The van der Waals surface area contributed by atoms with Crippen molar-refractivity contribution in [2.75, 3.05) is 0 Å². The van der Waals surface area contributed by atoms with Crippen LogP contribution in [-0.4, -0.2) is 8.18 Å². The molecule has 0 spiro atoms. The first-order valence-corrected chi connectivity index (χ1v) is 8.06. The maximum atomic E-state index is 14.4. The van der Waals surface area contributed by atoms with E-state index in [1.54, 1.807) is 19.2 Å². The zero-order valence-corrected chi connectivity index (χ0v) is 14.2. The van der Waals surface area contributed by atoms with Crippen molar-refractivity contribution in [3.05, 3.63) is 63.8 Å². The maximum absolute atomic E-state index is 14.4. The lowest BCUT2D eigenvalue weighted by Gasteiger charge is -2.12. The molecule has 1 unspecified atom stereocenters. The molecular formula is C18H20FNOS. The third-order valence-corrected chi connectivity index (χ3v) is 5.13. The van der Waals surface area contributed by atoms with Crippen molar-refractivity contribution in [1.29, 1.82) is 0 Å². The van der Waals surface area contributed by atoms with Crippen molar-refractivity contribution in [2.24, 2.45) is 0 Å². The number of hydrogen-bond donors (Lipinski definition) is 0. The van der Waals surface area contributed by atoms with Crippen LogP contribution in [0.3, 0.4) is 0 Å². The van der Waals surface area contributed by atoms with Gasteiger partial charge in [-0.05, 0) is 55.7 Å². The molecule has 1 aromatic carbocycles. The molecule has 0 saturated carbocycles. The summed E-state index contributed by atoms with van der Waals surface area (Å²) in [4.78, 5) is 0.706. The van der Waals surface area contributed by atoms with Gasteiger partial charge in [-0.3, -0.25) is 3.97 Å². The van der Waals surface area contributed by atoms with Crippen molar-refractivity contribution >= 4 is 23.4 Å². The molecule has 0 aliphatic heterocycles. The Balaban J connectivity index is 2.76. The van der Waals surface area contributed by atoms with E-state index in [-0.39, 0.29) is 5.35 Å². The van der Waals surface area contributed by atoms with Gasteiger partial charge in [0, 0.05) is 6.20 Å². The molecule has 2 rings (SSSR count). The van der Waals surface area contributed by atoms with Crippen molar-refractivity contribution in [3.63, 3.8) is 0 Å². The molecule has 2 nitrogen and oxygen atoms in total. The summed E-state index contributed by atoms with van der Waals surface area (Å²) >= 11 is 0. The van der Waals surface area contributed by atoms with E-state index >= 15 is 0 Å². The van der Waals surface area contributed by atoms with Crippen LogP contribution in [0.1, 0.15) is 23.6 Å². The van der Waals surface area contributed by atoms with Crippen molar-refractivity contribution in [1.82, 2.24) is 3.97 Å². The summed E-state index contributed by atoms with van der Waals surface area (Å²) < 4.78 is 28.8. The second-order valence-corrected chi connectivity index (χ2v) is 6.89. The van der Waals surface area contributed by atoms with Gasteiger partial charge in [-0.1, -0.05) is 30.9 Å². The molecule has 1 aromatic heterocycles. The maximum Gasteiger partial charge on any atom is 0.157 e. The molecular weight excluding hydrogens is 297 g/mol. The lowest BCUT2D eigenvalue weighted by Crippen LogP contribution is -2.32. The summed E-state index contributed by atoms with van der Waals surface area (Å²) in [5.41, 5.74) is 3.26. The van der Waals surface area contributed by atoms with Crippen LogP contribution in [0.2, 0.25) is 0 Å². The van der Waals surface area contributed by atoms with Gasteiger partial charge < -0.3 is 0 Å². The second-order valence-electron chi connectivity index (χ2n) is 5.59. The summed E-state index contributed by atoms with van der Waals surface area (Å²) in [6, 6.07) is 5.62. The van der Waals surface area contributed by atoms with Gasteiger partial charge in [-0.15, -0.1) is 0 Å².